The Morgan fingerprint density at radius 2 is 0.741 bits per heavy atom. The summed E-state index contributed by atoms with van der Waals surface area (Å²) in [4.78, 5) is 0. The van der Waals surface area contributed by atoms with Crippen LogP contribution >= 0.6 is 22.6 Å². The summed E-state index contributed by atoms with van der Waals surface area (Å²) in [6.07, 6.45) is -19.2. The van der Waals surface area contributed by atoms with Gasteiger partial charge in [0.2, 0.25) is 0 Å². The molecule has 0 aliphatic heterocycles. The van der Waals surface area contributed by atoms with Crippen LogP contribution in [0.25, 0.3) is 0 Å². The Hall–Kier alpha value is -0.250. The molecule has 0 aliphatic rings. The van der Waals surface area contributed by atoms with E-state index in [-0.39, 0.29) is 0 Å². The summed E-state index contributed by atoms with van der Waals surface area (Å²) in [6.45, 7) is 0. The summed E-state index contributed by atoms with van der Waals surface area (Å²) < 4.78 is 176. The molecular formula is C12H11F14I. The van der Waals surface area contributed by atoms with Gasteiger partial charge in [0, 0.05) is 25.7 Å². The first-order chi connectivity index (χ1) is 11.6. The first-order valence-corrected chi connectivity index (χ1v) is 8.06. The van der Waals surface area contributed by atoms with Gasteiger partial charge < -0.3 is 0 Å². The summed E-state index contributed by atoms with van der Waals surface area (Å²) in [5.74, 6) is -27.5. The topological polar surface area (TPSA) is 0 Å². The highest BCUT2D eigenvalue weighted by molar-refractivity contribution is 14.1. The molecule has 0 bridgehead atoms. The first-order valence-electron chi connectivity index (χ1n) is 6.82. The van der Waals surface area contributed by atoms with Crippen molar-refractivity contribution in [2.75, 3.05) is 0 Å². The van der Waals surface area contributed by atoms with Crippen molar-refractivity contribution < 1.29 is 61.5 Å². The van der Waals surface area contributed by atoms with E-state index in [0.29, 0.717) is 22.6 Å². The third kappa shape index (κ3) is 6.94. The number of alkyl halides is 15. The highest BCUT2D eigenvalue weighted by Crippen LogP contribution is 2.49. The van der Waals surface area contributed by atoms with Crippen molar-refractivity contribution in [1.29, 1.82) is 0 Å². The van der Waals surface area contributed by atoms with Crippen molar-refractivity contribution in [3.63, 3.8) is 0 Å². The van der Waals surface area contributed by atoms with Crippen LogP contribution in [-0.4, -0.2) is 40.0 Å². The molecule has 0 nitrogen and oxygen atoms in total. The fraction of sp³-hybridized carbons (Fsp3) is 1.00. The van der Waals surface area contributed by atoms with E-state index in [1.54, 1.807) is 0 Å². The van der Waals surface area contributed by atoms with Gasteiger partial charge >= 0.3 is 35.8 Å². The Kier molecular flexibility index (Phi) is 8.16. The average Bonchev–Trinajstić information content (AvgIpc) is 2.40. The van der Waals surface area contributed by atoms with Crippen LogP contribution in [-0.2, 0) is 0 Å². The molecule has 0 aliphatic carbocycles. The van der Waals surface area contributed by atoms with Gasteiger partial charge in [-0.05, 0) is 22.6 Å². The standard InChI is InChI=1S/C12H11F14I/c13-6(27)5-11(22,23)9(18,19)2-1-7(14,15)8(16,17)3-4-10(20,21)12(24,25)26/h6H,1-5H2. The minimum Gasteiger partial charge on any atom is -0.236 e. The van der Waals surface area contributed by atoms with E-state index >= 15 is 0 Å². The van der Waals surface area contributed by atoms with E-state index in [1.165, 1.54) is 0 Å². The SMILES string of the molecule is FC(I)CC(F)(F)C(F)(F)CCC(F)(F)C(F)(F)CCC(F)(F)C(F)(F)F. The lowest BCUT2D eigenvalue weighted by atomic mass is 9.95. The molecule has 1 unspecified atom stereocenters. The maximum atomic E-state index is 13.3. The minimum atomic E-state index is -6.31. The molecule has 164 valence electrons. The lowest BCUT2D eigenvalue weighted by molar-refractivity contribution is -0.295. The Morgan fingerprint density at radius 3 is 1.00 bits per heavy atom. The third-order valence-corrected chi connectivity index (χ3v) is 3.84. The predicted octanol–water partition coefficient (Wildman–Crippen LogP) is 7.41. The van der Waals surface area contributed by atoms with Gasteiger partial charge in [0.15, 0.2) is 4.18 Å². The summed E-state index contributed by atoms with van der Waals surface area (Å²) in [5.41, 5.74) is 0. The molecule has 0 aromatic heterocycles. The van der Waals surface area contributed by atoms with E-state index in [1.807, 2.05) is 0 Å². The van der Waals surface area contributed by atoms with Gasteiger partial charge in [-0.2, -0.15) is 57.1 Å². The quantitative estimate of drug-likeness (QED) is 0.152. The predicted molar refractivity (Wildman–Crippen MR) is 72.8 cm³/mol. The lowest BCUT2D eigenvalue weighted by Gasteiger charge is -2.31. The van der Waals surface area contributed by atoms with Crippen LogP contribution in [0.3, 0.4) is 0 Å². The first kappa shape index (κ1) is 26.8. The summed E-state index contributed by atoms with van der Waals surface area (Å²) in [7, 11) is 0. The van der Waals surface area contributed by atoms with Gasteiger partial charge in [0.25, 0.3) is 0 Å². The van der Waals surface area contributed by atoms with Crippen LogP contribution in [0.4, 0.5) is 61.5 Å². The molecule has 0 aromatic carbocycles. The third-order valence-electron chi connectivity index (χ3n) is 3.40. The smallest absolute Gasteiger partial charge is 0.236 e. The van der Waals surface area contributed by atoms with E-state index in [4.69, 9.17) is 0 Å². The zero-order chi connectivity index (χ0) is 22.1. The summed E-state index contributed by atoms with van der Waals surface area (Å²) >= 11 is 0.679. The van der Waals surface area contributed by atoms with Crippen LogP contribution in [0, 0.1) is 0 Å². The zero-order valence-corrected chi connectivity index (χ0v) is 14.9. The van der Waals surface area contributed by atoms with E-state index in [0.717, 1.165) is 0 Å². The Labute approximate surface area is 156 Å². The van der Waals surface area contributed by atoms with Crippen molar-refractivity contribution in [3.8, 4) is 0 Å². The largest absolute Gasteiger partial charge is 0.453 e. The van der Waals surface area contributed by atoms with Gasteiger partial charge in [0.05, 0.1) is 6.42 Å². The van der Waals surface area contributed by atoms with Crippen molar-refractivity contribution >= 4 is 22.6 Å². The van der Waals surface area contributed by atoms with Crippen molar-refractivity contribution in [2.24, 2.45) is 0 Å². The van der Waals surface area contributed by atoms with E-state index in [2.05, 4.69) is 0 Å². The Morgan fingerprint density at radius 1 is 0.481 bits per heavy atom. The van der Waals surface area contributed by atoms with Crippen molar-refractivity contribution in [1.82, 2.24) is 0 Å². The van der Waals surface area contributed by atoms with Crippen LogP contribution in [0.2, 0.25) is 0 Å². The molecule has 1 atom stereocenters. The van der Waals surface area contributed by atoms with E-state index in [9.17, 15) is 61.5 Å². The molecule has 0 fully saturated rings. The molecule has 0 rings (SSSR count). The second-order valence-electron chi connectivity index (χ2n) is 5.62. The summed E-state index contributed by atoms with van der Waals surface area (Å²) in [5, 5.41) is 0. The Balaban J connectivity index is 5.13. The maximum Gasteiger partial charge on any atom is 0.453 e. The van der Waals surface area contributed by atoms with Crippen LogP contribution in [0.1, 0.15) is 32.1 Å². The fourth-order valence-electron chi connectivity index (χ4n) is 1.66. The molecule has 0 heterocycles. The second kappa shape index (κ2) is 8.24. The molecule has 0 N–H and O–H groups in total. The fourth-order valence-corrected chi connectivity index (χ4v) is 2.21. The van der Waals surface area contributed by atoms with E-state index < -0.39 is 72.1 Å². The highest BCUT2D eigenvalue weighted by Gasteiger charge is 2.64. The number of hydrogen-bond donors (Lipinski definition) is 0. The van der Waals surface area contributed by atoms with Gasteiger partial charge in [0.1, 0.15) is 0 Å². The molecule has 0 saturated carbocycles. The van der Waals surface area contributed by atoms with Gasteiger partial charge in [-0.3, -0.25) is 0 Å². The zero-order valence-electron chi connectivity index (χ0n) is 12.8. The maximum absolute atomic E-state index is 13.3. The molecule has 0 amide bonds. The van der Waals surface area contributed by atoms with Crippen molar-refractivity contribution in [2.45, 2.75) is 72.1 Å². The van der Waals surface area contributed by atoms with Crippen LogP contribution in [0.15, 0.2) is 0 Å². The number of halogens is 15. The molecule has 0 radical (unpaired) electrons. The van der Waals surface area contributed by atoms with Gasteiger partial charge in [-0.15, -0.1) is 0 Å². The molecule has 0 spiro atoms. The van der Waals surface area contributed by atoms with Crippen LogP contribution in [0.5, 0.6) is 0 Å². The molecular weight excluding hydrogens is 537 g/mol. The average molecular weight is 548 g/mol. The molecule has 0 aromatic rings. The van der Waals surface area contributed by atoms with Crippen molar-refractivity contribution in [3.05, 3.63) is 0 Å². The molecule has 27 heavy (non-hydrogen) atoms. The monoisotopic (exact) mass is 548 g/mol. The lowest BCUT2D eigenvalue weighted by Crippen LogP contribution is -2.47. The summed E-state index contributed by atoms with van der Waals surface area (Å²) in [6, 6.07) is 0. The second-order valence-corrected chi connectivity index (χ2v) is 6.97. The van der Waals surface area contributed by atoms with Crippen LogP contribution < -0.4 is 0 Å². The van der Waals surface area contributed by atoms with Gasteiger partial charge in [-0.25, -0.2) is 4.39 Å². The highest BCUT2D eigenvalue weighted by atomic mass is 127. The Bertz CT molecular complexity index is 481. The molecule has 0 saturated heterocycles. The minimum absolute atomic E-state index is 0.679. The normalized spacial score (nSPS) is 16.6. The van der Waals surface area contributed by atoms with Gasteiger partial charge in [-0.1, -0.05) is 0 Å². The number of rotatable bonds is 10. The number of hydrogen-bond acceptors (Lipinski definition) is 0. The molecule has 15 heteroatoms.